The molecular formula is C14H19NO5S. The summed E-state index contributed by atoms with van der Waals surface area (Å²) in [6, 6.07) is 6.27. The number of carbonyl (C=O) groups is 1. The summed E-state index contributed by atoms with van der Waals surface area (Å²) in [6.07, 6.45) is -1.76. The largest absolute Gasteiger partial charge is 0.449 e. The maximum absolute atomic E-state index is 12.2. The number of aryl methyl sites for hydroxylation is 1. The molecule has 1 amide bonds. The summed E-state index contributed by atoms with van der Waals surface area (Å²) >= 11 is 0. The number of rotatable bonds is 3. The second kappa shape index (κ2) is 6.03. The molecule has 2 rings (SSSR count). The molecule has 0 aliphatic carbocycles. The number of aliphatic hydroxyl groups is 1. The van der Waals surface area contributed by atoms with Gasteiger partial charge in [0.15, 0.2) is 9.84 Å². The van der Waals surface area contributed by atoms with Crippen LogP contribution in [0.15, 0.2) is 24.3 Å². The Labute approximate surface area is 124 Å². The first-order chi connectivity index (χ1) is 9.84. The van der Waals surface area contributed by atoms with Crippen molar-refractivity contribution in [3.05, 3.63) is 29.8 Å². The summed E-state index contributed by atoms with van der Waals surface area (Å²) in [6.45, 7) is 3.72. The number of ether oxygens (including phenoxy) is 1. The Balaban J connectivity index is 2.40. The van der Waals surface area contributed by atoms with Gasteiger partial charge in [-0.15, -0.1) is 0 Å². The summed E-state index contributed by atoms with van der Waals surface area (Å²) in [5, 5.41) is 10.0. The Morgan fingerprint density at radius 3 is 2.67 bits per heavy atom. The lowest BCUT2D eigenvalue weighted by molar-refractivity contribution is 0.141. The van der Waals surface area contributed by atoms with Crippen molar-refractivity contribution in [3.63, 3.8) is 0 Å². The molecule has 21 heavy (non-hydrogen) atoms. The van der Waals surface area contributed by atoms with Gasteiger partial charge in [0.25, 0.3) is 0 Å². The van der Waals surface area contributed by atoms with Gasteiger partial charge in [0, 0.05) is 5.69 Å². The first kappa shape index (κ1) is 15.8. The highest BCUT2D eigenvalue weighted by atomic mass is 32.2. The smallest absolute Gasteiger partial charge is 0.414 e. The number of aliphatic hydroxyl groups excluding tert-OH is 1. The zero-order valence-corrected chi connectivity index (χ0v) is 12.8. The molecule has 1 aromatic carbocycles. The van der Waals surface area contributed by atoms with Gasteiger partial charge >= 0.3 is 6.09 Å². The normalized spacial score (nSPS) is 23.8. The molecule has 2 unspecified atom stereocenters. The third-order valence-electron chi connectivity index (χ3n) is 3.37. The van der Waals surface area contributed by atoms with Crippen molar-refractivity contribution in [2.24, 2.45) is 0 Å². The summed E-state index contributed by atoms with van der Waals surface area (Å²) in [4.78, 5) is 13.4. The zero-order chi connectivity index (χ0) is 15.6. The van der Waals surface area contributed by atoms with E-state index in [0.29, 0.717) is 5.69 Å². The molecule has 1 N–H and O–H groups in total. The molecule has 6 nitrogen and oxygen atoms in total. The fraction of sp³-hybridized carbons (Fsp3) is 0.500. The van der Waals surface area contributed by atoms with E-state index in [1.54, 1.807) is 25.1 Å². The number of hydrogen-bond acceptors (Lipinski definition) is 5. The van der Waals surface area contributed by atoms with E-state index in [-0.39, 0.29) is 18.1 Å². The topological polar surface area (TPSA) is 83.9 Å². The van der Waals surface area contributed by atoms with E-state index in [2.05, 4.69) is 0 Å². The number of nitrogens with zero attached hydrogens (tertiary/aromatic N) is 1. The quantitative estimate of drug-likeness (QED) is 0.904. The van der Waals surface area contributed by atoms with E-state index in [1.807, 2.05) is 13.0 Å². The zero-order valence-electron chi connectivity index (χ0n) is 12.0. The Hall–Kier alpha value is -1.60. The molecule has 0 spiro atoms. The van der Waals surface area contributed by atoms with E-state index in [0.717, 1.165) is 5.56 Å². The predicted octanol–water partition coefficient (Wildman–Crippen LogP) is 1.12. The monoisotopic (exact) mass is 313 g/mol. The molecule has 2 atom stereocenters. The predicted molar refractivity (Wildman–Crippen MR) is 79.1 cm³/mol. The van der Waals surface area contributed by atoms with Gasteiger partial charge in [-0.2, -0.15) is 0 Å². The molecule has 0 bridgehead atoms. The molecule has 0 radical (unpaired) electrons. The van der Waals surface area contributed by atoms with Crippen molar-refractivity contribution in [3.8, 4) is 0 Å². The van der Waals surface area contributed by atoms with E-state index < -0.39 is 28.1 Å². The van der Waals surface area contributed by atoms with Crippen molar-refractivity contribution in [2.45, 2.75) is 26.0 Å². The van der Waals surface area contributed by atoms with Crippen LogP contribution in [0.5, 0.6) is 0 Å². The maximum Gasteiger partial charge on any atom is 0.414 e. The number of hydrogen-bond donors (Lipinski definition) is 1. The molecule has 0 saturated carbocycles. The van der Waals surface area contributed by atoms with E-state index in [9.17, 15) is 18.3 Å². The average molecular weight is 313 g/mol. The minimum Gasteiger partial charge on any atom is -0.449 e. The highest BCUT2D eigenvalue weighted by Crippen LogP contribution is 2.26. The highest BCUT2D eigenvalue weighted by Gasteiger charge is 2.43. The SMILES string of the molecule is CCOC(=O)N(c1cccc(C)c1)C1CS(=O)(=O)CC1O. The molecule has 0 aromatic heterocycles. The van der Waals surface area contributed by atoms with Crippen molar-refractivity contribution < 1.29 is 23.1 Å². The molecule has 1 heterocycles. The molecule has 1 aromatic rings. The lowest BCUT2D eigenvalue weighted by atomic mass is 10.1. The van der Waals surface area contributed by atoms with Crippen LogP contribution in [0, 0.1) is 6.92 Å². The molecule has 116 valence electrons. The number of anilines is 1. The second-order valence-corrected chi connectivity index (χ2v) is 7.27. The summed E-state index contributed by atoms with van der Waals surface area (Å²) in [5.41, 5.74) is 1.45. The fourth-order valence-electron chi connectivity index (χ4n) is 2.46. The van der Waals surface area contributed by atoms with Crippen LogP contribution in [0.3, 0.4) is 0 Å². The Bertz CT molecular complexity index is 628. The van der Waals surface area contributed by atoms with Crippen LogP contribution >= 0.6 is 0 Å². The maximum atomic E-state index is 12.2. The minimum atomic E-state index is -3.36. The first-order valence-corrected chi connectivity index (χ1v) is 8.57. The van der Waals surface area contributed by atoms with Crippen LogP contribution in [0.4, 0.5) is 10.5 Å². The standard InChI is InChI=1S/C14H19NO5S/c1-3-20-14(17)15(11-6-4-5-10(2)7-11)12-8-21(18,19)9-13(12)16/h4-7,12-13,16H,3,8-9H2,1-2H3. The van der Waals surface area contributed by atoms with Crippen molar-refractivity contribution in [1.29, 1.82) is 0 Å². The summed E-state index contributed by atoms with van der Waals surface area (Å²) < 4.78 is 28.4. The van der Waals surface area contributed by atoms with Gasteiger partial charge in [-0.3, -0.25) is 4.90 Å². The summed E-state index contributed by atoms with van der Waals surface area (Å²) in [5.74, 6) is -0.597. The molecule has 1 fully saturated rings. The van der Waals surface area contributed by atoms with Gasteiger partial charge in [0.1, 0.15) is 0 Å². The minimum absolute atomic E-state index is 0.177. The van der Waals surface area contributed by atoms with Crippen molar-refractivity contribution >= 4 is 21.6 Å². The van der Waals surface area contributed by atoms with Crippen LogP contribution in [0.1, 0.15) is 12.5 Å². The number of sulfone groups is 1. The van der Waals surface area contributed by atoms with Crippen LogP contribution < -0.4 is 4.90 Å². The second-order valence-electron chi connectivity index (χ2n) is 5.12. The van der Waals surface area contributed by atoms with Crippen LogP contribution in [-0.4, -0.2) is 49.9 Å². The number of carbonyl (C=O) groups excluding carboxylic acids is 1. The van der Waals surface area contributed by atoms with Crippen molar-refractivity contribution in [1.82, 2.24) is 0 Å². The lowest BCUT2D eigenvalue weighted by Gasteiger charge is -2.29. The number of amides is 1. The third-order valence-corrected chi connectivity index (χ3v) is 5.07. The van der Waals surface area contributed by atoms with Gasteiger partial charge in [0.05, 0.1) is 30.3 Å². The molecule has 1 saturated heterocycles. The average Bonchev–Trinajstić information content (AvgIpc) is 2.63. The van der Waals surface area contributed by atoms with Crippen LogP contribution in [0.25, 0.3) is 0 Å². The van der Waals surface area contributed by atoms with Crippen molar-refractivity contribution in [2.75, 3.05) is 23.0 Å². The summed E-state index contributed by atoms with van der Waals surface area (Å²) in [7, 11) is -3.36. The molecule has 1 aliphatic rings. The van der Waals surface area contributed by atoms with Gasteiger partial charge in [0.2, 0.25) is 0 Å². The Kier molecular flexibility index (Phi) is 4.53. The molecular weight excluding hydrogens is 294 g/mol. The Morgan fingerprint density at radius 2 is 2.14 bits per heavy atom. The molecule has 1 aliphatic heterocycles. The first-order valence-electron chi connectivity index (χ1n) is 6.75. The van der Waals surface area contributed by atoms with Crippen LogP contribution in [-0.2, 0) is 14.6 Å². The Morgan fingerprint density at radius 1 is 1.43 bits per heavy atom. The third kappa shape index (κ3) is 3.54. The number of benzene rings is 1. The van der Waals surface area contributed by atoms with Crippen LogP contribution in [0.2, 0.25) is 0 Å². The van der Waals surface area contributed by atoms with Gasteiger partial charge in [-0.25, -0.2) is 13.2 Å². The van der Waals surface area contributed by atoms with E-state index in [1.165, 1.54) is 4.90 Å². The van der Waals surface area contributed by atoms with Gasteiger partial charge < -0.3 is 9.84 Å². The highest BCUT2D eigenvalue weighted by molar-refractivity contribution is 7.91. The van der Waals surface area contributed by atoms with E-state index >= 15 is 0 Å². The lowest BCUT2D eigenvalue weighted by Crippen LogP contribution is -2.47. The van der Waals surface area contributed by atoms with Gasteiger partial charge in [-0.05, 0) is 31.5 Å². The molecule has 7 heteroatoms. The fourth-order valence-corrected chi connectivity index (χ4v) is 4.23. The van der Waals surface area contributed by atoms with Gasteiger partial charge in [-0.1, -0.05) is 12.1 Å². The van der Waals surface area contributed by atoms with E-state index in [4.69, 9.17) is 4.74 Å².